The molecule has 1 aliphatic heterocycles. The fraction of sp³-hybridized carbons (Fsp3) is 0.625. The Morgan fingerprint density at radius 3 is 2.95 bits per heavy atom. The Kier molecular flexibility index (Phi) is 3.87. The third-order valence-corrected chi connectivity index (χ3v) is 4.44. The van der Waals surface area contributed by atoms with Gasteiger partial charge in [-0.05, 0) is 37.3 Å². The van der Waals surface area contributed by atoms with Gasteiger partial charge in [0.2, 0.25) is 0 Å². The van der Waals surface area contributed by atoms with Gasteiger partial charge in [0.15, 0.2) is 0 Å². The van der Waals surface area contributed by atoms with Crippen molar-refractivity contribution in [1.29, 1.82) is 0 Å². The van der Waals surface area contributed by atoms with Crippen LogP contribution < -0.4 is 5.32 Å². The number of hydrogen-bond donors (Lipinski definition) is 2. The van der Waals surface area contributed by atoms with E-state index in [1.807, 2.05) is 6.07 Å². The van der Waals surface area contributed by atoms with Crippen LogP contribution in [-0.2, 0) is 11.2 Å². The second-order valence-corrected chi connectivity index (χ2v) is 5.91. The maximum atomic E-state index is 10.7. The summed E-state index contributed by atoms with van der Waals surface area (Å²) in [5, 5.41) is 14.3. The van der Waals surface area contributed by atoms with Crippen LogP contribution >= 0.6 is 0 Å². The first-order valence-corrected chi connectivity index (χ1v) is 7.35. The summed E-state index contributed by atoms with van der Waals surface area (Å²) in [5.74, 6) is 0.256. The summed E-state index contributed by atoms with van der Waals surface area (Å²) in [5.41, 5.74) is 2.42. The highest BCUT2D eigenvalue weighted by Crippen LogP contribution is 2.35. The SMILES string of the molecule is CC1COCC(C2CCCc3ccccc3C2O)N1. The van der Waals surface area contributed by atoms with E-state index in [1.54, 1.807) is 0 Å². The molecule has 0 saturated carbocycles. The van der Waals surface area contributed by atoms with Gasteiger partial charge in [-0.15, -0.1) is 0 Å². The van der Waals surface area contributed by atoms with Crippen LogP contribution in [0, 0.1) is 5.92 Å². The lowest BCUT2D eigenvalue weighted by atomic mass is 9.86. The van der Waals surface area contributed by atoms with E-state index in [0.29, 0.717) is 12.6 Å². The summed E-state index contributed by atoms with van der Waals surface area (Å²) in [4.78, 5) is 0. The molecule has 0 bridgehead atoms. The Morgan fingerprint density at radius 1 is 1.26 bits per heavy atom. The lowest BCUT2D eigenvalue weighted by molar-refractivity contribution is -0.00563. The number of hydrogen-bond acceptors (Lipinski definition) is 3. The van der Waals surface area contributed by atoms with E-state index in [2.05, 4.69) is 30.4 Å². The minimum absolute atomic E-state index is 0.256. The van der Waals surface area contributed by atoms with Gasteiger partial charge in [0.05, 0.1) is 19.3 Å². The predicted octanol–water partition coefficient (Wildman–Crippen LogP) is 2.05. The van der Waals surface area contributed by atoms with Crippen molar-refractivity contribution in [2.45, 2.75) is 44.4 Å². The minimum Gasteiger partial charge on any atom is -0.388 e. The zero-order chi connectivity index (χ0) is 13.2. The first kappa shape index (κ1) is 13.1. The van der Waals surface area contributed by atoms with Gasteiger partial charge in [-0.2, -0.15) is 0 Å². The fourth-order valence-corrected chi connectivity index (χ4v) is 3.47. The standard InChI is InChI=1S/C16H23NO2/c1-11-9-19-10-15(17-11)14-8-4-6-12-5-2-3-7-13(12)16(14)18/h2-3,5,7,11,14-18H,4,6,8-10H2,1H3. The highest BCUT2D eigenvalue weighted by atomic mass is 16.5. The molecule has 0 radical (unpaired) electrons. The van der Waals surface area contributed by atoms with Crippen LogP contribution in [0.1, 0.15) is 37.0 Å². The number of aliphatic hydroxyl groups excluding tert-OH is 1. The van der Waals surface area contributed by atoms with E-state index < -0.39 is 0 Å². The summed E-state index contributed by atoms with van der Waals surface area (Å²) in [6.07, 6.45) is 2.91. The number of nitrogens with one attached hydrogen (secondary N) is 1. The molecule has 1 aliphatic carbocycles. The number of aryl methyl sites for hydroxylation is 1. The van der Waals surface area contributed by atoms with E-state index in [-0.39, 0.29) is 18.1 Å². The van der Waals surface area contributed by atoms with Gasteiger partial charge < -0.3 is 15.2 Å². The van der Waals surface area contributed by atoms with Crippen molar-refractivity contribution in [1.82, 2.24) is 5.32 Å². The number of aliphatic hydroxyl groups is 1. The average molecular weight is 261 g/mol. The van der Waals surface area contributed by atoms with Crippen LogP contribution in [-0.4, -0.2) is 30.4 Å². The largest absolute Gasteiger partial charge is 0.388 e. The molecule has 3 nitrogen and oxygen atoms in total. The van der Waals surface area contributed by atoms with E-state index in [0.717, 1.165) is 31.4 Å². The summed E-state index contributed by atoms with van der Waals surface area (Å²) in [6, 6.07) is 8.96. The number of ether oxygens (including phenoxy) is 1. The summed E-state index contributed by atoms with van der Waals surface area (Å²) in [7, 11) is 0. The molecule has 0 amide bonds. The first-order chi connectivity index (χ1) is 9.25. The maximum Gasteiger partial charge on any atom is 0.0836 e. The molecule has 4 atom stereocenters. The van der Waals surface area contributed by atoms with Gasteiger partial charge in [0.25, 0.3) is 0 Å². The average Bonchev–Trinajstić information content (AvgIpc) is 2.59. The van der Waals surface area contributed by atoms with Crippen LogP contribution in [0.3, 0.4) is 0 Å². The highest BCUT2D eigenvalue weighted by Gasteiger charge is 2.34. The van der Waals surface area contributed by atoms with Crippen molar-refractivity contribution in [2.24, 2.45) is 5.92 Å². The van der Waals surface area contributed by atoms with Crippen LogP contribution in [0.2, 0.25) is 0 Å². The Morgan fingerprint density at radius 2 is 2.11 bits per heavy atom. The van der Waals surface area contributed by atoms with E-state index in [9.17, 15) is 5.11 Å². The number of morpholine rings is 1. The Bertz CT molecular complexity index is 435. The summed E-state index contributed by atoms with van der Waals surface area (Å²) < 4.78 is 5.65. The van der Waals surface area contributed by atoms with Gasteiger partial charge in [-0.25, -0.2) is 0 Å². The second-order valence-electron chi connectivity index (χ2n) is 5.91. The van der Waals surface area contributed by atoms with E-state index >= 15 is 0 Å². The molecule has 0 spiro atoms. The number of benzene rings is 1. The lowest BCUT2D eigenvalue weighted by Gasteiger charge is -2.36. The molecule has 104 valence electrons. The monoisotopic (exact) mass is 261 g/mol. The molecule has 2 N–H and O–H groups in total. The highest BCUT2D eigenvalue weighted by molar-refractivity contribution is 5.31. The second kappa shape index (κ2) is 5.61. The molecular weight excluding hydrogens is 238 g/mol. The Labute approximate surface area is 115 Å². The van der Waals surface area contributed by atoms with Crippen LogP contribution in [0.25, 0.3) is 0 Å². The van der Waals surface area contributed by atoms with Gasteiger partial charge in [0.1, 0.15) is 0 Å². The molecule has 3 heteroatoms. The summed E-state index contributed by atoms with van der Waals surface area (Å²) >= 11 is 0. The van der Waals surface area contributed by atoms with Crippen molar-refractivity contribution in [3.63, 3.8) is 0 Å². The van der Waals surface area contributed by atoms with Crippen molar-refractivity contribution < 1.29 is 9.84 Å². The van der Waals surface area contributed by atoms with Gasteiger partial charge in [-0.3, -0.25) is 0 Å². The van der Waals surface area contributed by atoms with E-state index in [1.165, 1.54) is 5.56 Å². The number of fused-ring (bicyclic) bond motifs is 1. The Hall–Kier alpha value is -0.900. The van der Waals surface area contributed by atoms with Gasteiger partial charge >= 0.3 is 0 Å². The molecule has 1 saturated heterocycles. The minimum atomic E-state index is -0.370. The topological polar surface area (TPSA) is 41.5 Å². The van der Waals surface area contributed by atoms with Gasteiger partial charge in [-0.1, -0.05) is 24.3 Å². The van der Waals surface area contributed by atoms with Crippen molar-refractivity contribution in [3.8, 4) is 0 Å². The zero-order valence-electron chi connectivity index (χ0n) is 11.5. The van der Waals surface area contributed by atoms with Crippen LogP contribution in [0.15, 0.2) is 24.3 Å². The number of rotatable bonds is 1. The molecule has 19 heavy (non-hydrogen) atoms. The molecular formula is C16H23NO2. The third-order valence-electron chi connectivity index (χ3n) is 4.44. The molecule has 1 aromatic carbocycles. The predicted molar refractivity (Wildman–Crippen MR) is 75.0 cm³/mol. The molecule has 0 aromatic heterocycles. The van der Waals surface area contributed by atoms with Crippen LogP contribution in [0.5, 0.6) is 0 Å². The van der Waals surface area contributed by atoms with E-state index in [4.69, 9.17) is 4.74 Å². The normalized spacial score (nSPS) is 35.5. The molecule has 1 aromatic rings. The molecule has 1 fully saturated rings. The molecule has 3 rings (SSSR count). The van der Waals surface area contributed by atoms with Crippen molar-refractivity contribution in [2.75, 3.05) is 13.2 Å². The smallest absolute Gasteiger partial charge is 0.0836 e. The lowest BCUT2D eigenvalue weighted by Crippen LogP contribution is -2.52. The Balaban J connectivity index is 1.83. The molecule has 4 unspecified atom stereocenters. The molecule has 1 heterocycles. The maximum absolute atomic E-state index is 10.7. The van der Waals surface area contributed by atoms with Crippen molar-refractivity contribution >= 4 is 0 Å². The molecule has 2 aliphatic rings. The third kappa shape index (κ3) is 2.69. The summed E-state index contributed by atoms with van der Waals surface area (Å²) in [6.45, 7) is 3.63. The fourth-order valence-electron chi connectivity index (χ4n) is 3.47. The van der Waals surface area contributed by atoms with Crippen molar-refractivity contribution in [3.05, 3.63) is 35.4 Å². The zero-order valence-corrected chi connectivity index (χ0v) is 11.5. The van der Waals surface area contributed by atoms with Gasteiger partial charge in [0, 0.05) is 18.0 Å². The quantitative estimate of drug-likeness (QED) is 0.760. The first-order valence-electron chi connectivity index (χ1n) is 7.35. The van der Waals surface area contributed by atoms with Crippen LogP contribution in [0.4, 0.5) is 0 Å².